The SMILES string of the molecule is CCCN(Cc1ccccc1N)C(=O)c1csnn1. The molecule has 0 unspecified atom stereocenters. The second-order valence-corrected chi connectivity index (χ2v) is 4.83. The standard InChI is InChI=1S/C13H16N4OS/c1-2-7-17(13(18)12-9-19-16-15-12)8-10-5-3-4-6-11(10)14/h3-6,9H,2,7-8,14H2,1H3. The van der Waals surface area contributed by atoms with Crippen molar-refractivity contribution in [2.45, 2.75) is 19.9 Å². The van der Waals surface area contributed by atoms with Gasteiger partial charge >= 0.3 is 0 Å². The highest BCUT2D eigenvalue weighted by Crippen LogP contribution is 2.15. The van der Waals surface area contributed by atoms with Gasteiger partial charge in [-0.2, -0.15) is 0 Å². The number of nitrogens with zero attached hydrogens (tertiary/aromatic N) is 3. The molecule has 1 aromatic carbocycles. The van der Waals surface area contributed by atoms with Crippen LogP contribution in [0.1, 0.15) is 29.4 Å². The van der Waals surface area contributed by atoms with Gasteiger partial charge in [-0.05, 0) is 29.6 Å². The topological polar surface area (TPSA) is 72.1 Å². The number of hydrogen-bond donors (Lipinski definition) is 1. The van der Waals surface area contributed by atoms with Crippen LogP contribution in [-0.4, -0.2) is 26.9 Å². The molecule has 1 heterocycles. The van der Waals surface area contributed by atoms with E-state index < -0.39 is 0 Å². The minimum Gasteiger partial charge on any atom is -0.398 e. The largest absolute Gasteiger partial charge is 0.398 e. The highest BCUT2D eigenvalue weighted by Gasteiger charge is 2.18. The highest BCUT2D eigenvalue weighted by atomic mass is 32.1. The van der Waals surface area contributed by atoms with Crippen molar-refractivity contribution in [1.29, 1.82) is 0 Å². The molecule has 0 spiro atoms. The molecular formula is C13H16N4OS. The van der Waals surface area contributed by atoms with Crippen LogP contribution < -0.4 is 5.73 Å². The lowest BCUT2D eigenvalue weighted by Crippen LogP contribution is -2.31. The van der Waals surface area contributed by atoms with Gasteiger partial charge in [0.25, 0.3) is 5.91 Å². The summed E-state index contributed by atoms with van der Waals surface area (Å²) in [6, 6.07) is 7.58. The zero-order valence-electron chi connectivity index (χ0n) is 10.7. The number of rotatable bonds is 5. The Labute approximate surface area is 116 Å². The summed E-state index contributed by atoms with van der Waals surface area (Å²) >= 11 is 1.18. The first kappa shape index (κ1) is 13.5. The molecule has 100 valence electrons. The summed E-state index contributed by atoms with van der Waals surface area (Å²) in [6.45, 7) is 3.20. The van der Waals surface area contributed by atoms with Crippen LogP contribution in [0.5, 0.6) is 0 Å². The van der Waals surface area contributed by atoms with Crippen molar-refractivity contribution < 1.29 is 4.79 Å². The molecule has 0 aliphatic carbocycles. The smallest absolute Gasteiger partial charge is 0.275 e. The van der Waals surface area contributed by atoms with Crippen LogP contribution in [0.15, 0.2) is 29.6 Å². The Hall–Kier alpha value is -1.95. The summed E-state index contributed by atoms with van der Waals surface area (Å²) in [5.74, 6) is -0.0983. The van der Waals surface area contributed by atoms with Crippen LogP contribution >= 0.6 is 11.5 Å². The molecule has 5 nitrogen and oxygen atoms in total. The molecule has 0 atom stereocenters. The lowest BCUT2D eigenvalue weighted by molar-refractivity contribution is 0.0737. The molecule has 2 aromatic rings. The van der Waals surface area contributed by atoms with E-state index in [2.05, 4.69) is 9.59 Å². The number of anilines is 1. The van der Waals surface area contributed by atoms with Gasteiger partial charge in [0.2, 0.25) is 0 Å². The summed E-state index contributed by atoms with van der Waals surface area (Å²) in [5, 5.41) is 5.50. The fraction of sp³-hybridized carbons (Fsp3) is 0.308. The first-order valence-electron chi connectivity index (χ1n) is 6.12. The van der Waals surface area contributed by atoms with Crippen LogP contribution in [0.3, 0.4) is 0 Å². The maximum absolute atomic E-state index is 12.3. The van der Waals surface area contributed by atoms with Crippen molar-refractivity contribution in [3.63, 3.8) is 0 Å². The lowest BCUT2D eigenvalue weighted by atomic mass is 10.1. The molecule has 0 saturated carbocycles. The van der Waals surface area contributed by atoms with Gasteiger partial charge in [0.05, 0.1) is 0 Å². The van der Waals surface area contributed by atoms with Gasteiger partial charge in [0, 0.05) is 24.2 Å². The molecule has 0 radical (unpaired) electrons. The summed E-state index contributed by atoms with van der Waals surface area (Å²) in [7, 11) is 0. The third-order valence-corrected chi connectivity index (χ3v) is 3.28. The third kappa shape index (κ3) is 3.29. The Balaban J connectivity index is 2.17. The summed E-state index contributed by atoms with van der Waals surface area (Å²) in [5.41, 5.74) is 7.97. The number of nitrogens with two attached hydrogens (primary N) is 1. The van der Waals surface area contributed by atoms with Crippen molar-refractivity contribution in [3.05, 3.63) is 40.9 Å². The number of para-hydroxylation sites is 1. The van der Waals surface area contributed by atoms with Gasteiger partial charge in [-0.1, -0.05) is 29.6 Å². The molecule has 0 bridgehead atoms. The Bertz CT molecular complexity index is 541. The third-order valence-electron chi connectivity index (χ3n) is 2.78. The fourth-order valence-electron chi connectivity index (χ4n) is 1.83. The van der Waals surface area contributed by atoms with E-state index in [1.54, 1.807) is 10.3 Å². The number of carbonyl (C=O) groups excluding carboxylic acids is 1. The maximum atomic E-state index is 12.3. The monoisotopic (exact) mass is 276 g/mol. The van der Waals surface area contributed by atoms with Crippen molar-refractivity contribution in [3.8, 4) is 0 Å². The predicted octanol–water partition coefficient (Wildman–Crippen LogP) is 2.17. The van der Waals surface area contributed by atoms with Crippen molar-refractivity contribution in [2.75, 3.05) is 12.3 Å². The van der Waals surface area contributed by atoms with Gasteiger partial charge in [0.1, 0.15) is 0 Å². The number of nitrogen functional groups attached to an aromatic ring is 1. The van der Waals surface area contributed by atoms with Gasteiger partial charge < -0.3 is 10.6 Å². The molecule has 0 aliphatic rings. The van der Waals surface area contributed by atoms with E-state index in [0.29, 0.717) is 24.5 Å². The molecule has 2 N–H and O–H groups in total. The molecule has 1 aromatic heterocycles. The number of aromatic nitrogens is 2. The summed E-state index contributed by atoms with van der Waals surface area (Å²) < 4.78 is 3.73. The second kappa shape index (κ2) is 6.29. The summed E-state index contributed by atoms with van der Waals surface area (Å²) in [4.78, 5) is 14.1. The van der Waals surface area contributed by atoms with Crippen molar-refractivity contribution >= 4 is 23.1 Å². The van der Waals surface area contributed by atoms with Crippen LogP contribution in [0, 0.1) is 0 Å². The second-order valence-electron chi connectivity index (χ2n) is 4.22. The summed E-state index contributed by atoms with van der Waals surface area (Å²) in [6.07, 6.45) is 0.885. The number of carbonyl (C=O) groups is 1. The number of hydrogen-bond acceptors (Lipinski definition) is 5. The molecule has 2 rings (SSSR count). The van der Waals surface area contributed by atoms with Crippen LogP contribution in [0.2, 0.25) is 0 Å². The van der Waals surface area contributed by atoms with E-state index in [1.165, 1.54) is 11.5 Å². The minimum absolute atomic E-state index is 0.0983. The molecule has 1 amide bonds. The van der Waals surface area contributed by atoms with Crippen molar-refractivity contribution in [1.82, 2.24) is 14.5 Å². The molecule has 19 heavy (non-hydrogen) atoms. The zero-order valence-corrected chi connectivity index (χ0v) is 11.6. The van der Waals surface area contributed by atoms with Gasteiger partial charge in [-0.15, -0.1) is 5.10 Å². The molecule has 0 aliphatic heterocycles. The minimum atomic E-state index is -0.0983. The maximum Gasteiger partial charge on any atom is 0.275 e. The first-order chi connectivity index (χ1) is 9.22. The van der Waals surface area contributed by atoms with Gasteiger partial charge in [-0.25, -0.2) is 0 Å². The fourth-order valence-corrected chi connectivity index (χ4v) is 2.26. The van der Waals surface area contributed by atoms with Crippen LogP contribution in [0.25, 0.3) is 0 Å². The van der Waals surface area contributed by atoms with E-state index in [4.69, 9.17) is 5.73 Å². The lowest BCUT2D eigenvalue weighted by Gasteiger charge is -2.21. The number of amides is 1. The number of benzene rings is 1. The van der Waals surface area contributed by atoms with E-state index >= 15 is 0 Å². The Morgan fingerprint density at radius 3 is 2.84 bits per heavy atom. The molecular weight excluding hydrogens is 260 g/mol. The van der Waals surface area contributed by atoms with E-state index in [-0.39, 0.29) is 5.91 Å². The Morgan fingerprint density at radius 2 is 2.21 bits per heavy atom. The van der Waals surface area contributed by atoms with E-state index in [9.17, 15) is 4.79 Å². The van der Waals surface area contributed by atoms with Gasteiger partial charge in [-0.3, -0.25) is 4.79 Å². The van der Waals surface area contributed by atoms with E-state index in [0.717, 1.165) is 12.0 Å². The van der Waals surface area contributed by atoms with Crippen LogP contribution in [0.4, 0.5) is 5.69 Å². The predicted molar refractivity (Wildman–Crippen MR) is 75.8 cm³/mol. The van der Waals surface area contributed by atoms with Crippen molar-refractivity contribution in [2.24, 2.45) is 0 Å². The average molecular weight is 276 g/mol. The van der Waals surface area contributed by atoms with E-state index in [1.807, 2.05) is 31.2 Å². The molecule has 6 heteroatoms. The highest BCUT2D eigenvalue weighted by molar-refractivity contribution is 7.03. The normalized spacial score (nSPS) is 10.4. The van der Waals surface area contributed by atoms with Gasteiger partial charge in [0.15, 0.2) is 5.69 Å². The Kier molecular flexibility index (Phi) is 4.46. The van der Waals surface area contributed by atoms with Crippen LogP contribution in [-0.2, 0) is 6.54 Å². The zero-order chi connectivity index (χ0) is 13.7. The molecule has 0 fully saturated rings. The Morgan fingerprint density at radius 1 is 1.42 bits per heavy atom. The first-order valence-corrected chi connectivity index (χ1v) is 6.95. The quantitative estimate of drug-likeness (QED) is 0.849. The average Bonchev–Trinajstić information content (AvgIpc) is 2.94. The molecule has 0 saturated heterocycles.